The highest BCUT2D eigenvalue weighted by Crippen LogP contribution is 2.17. The molecule has 2 nitrogen and oxygen atoms in total. The fourth-order valence-corrected chi connectivity index (χ4v) is 1.38. The minimum atomic E-state index is 1.01. The third-order valence-corrected chi connectivity index (χ3v) is 2.17. The van der Waals surface area contributed by atoms with Gasteiger partial charge in [0.1, 0.15) is 0 Å². The van der Waals surface area contributed by atoms with Gasteiger partial charge in [0.15, 0.2) is 0 Å². The first-order chi connectivity index (χ1) is 6.75. The van der Waals surface area contributed by atoms with E-state index in [-0.39, 0.29) is 0 Å². The molecule has 14 heavy (non-hydrogen) atoms. The first-order valence-corrected chi connectivity index (χ1v) is 4.53. The maximum atomic E-state index is 9.25. The molecule has 2 heteroatoms. The summed E-state index contributed by atoms with van der Waals surface area (Å²) < 4.78 is 1.06. The van der Waals surface area contributed by atoms with Gasteiger partial charge in [-0.25, -0.2) is 0 Å². The van der Waals surface area contributed by atoms with Crippen molar-refractivity contribution in [3.05, 3.63) is 54.4 Å². The van der Waals surface area contributed by atoms with Crippen LogP contribution in [-0.4, -0.2) is 5.21 Å². The van der Waals surface area contributed by atoms with Crippen molar-refractivity contribution >= 4 is 0 Å². The van der Waals surface area contributed by atoms with Gasteiger partial charge in [0.25, 0.3) is 0 Å². The highest BCUT2D eigenvalue weighted by atomic mass is 16.5. The van der Waals surface area contributed by atoms with E-state index in [1.165, 1.54) is 5.56 Å². The zero-order valence-electron chi connectivity index (χ0n) is 8.01. The lowest BCUT2D eigenvalue weighted by atomic mass is 10.1. The lowest BCUT2D eigenvalue weighted by Crippen LogP contribution is -2.28. The van der Waals surface area contributed by atoms with Crippen molar-refractivity contribution in [1.82, 2.24) is 0 Å². The first-order valence-electron chi connectivity index (χ1n) is 4.53. The molecule has 0 fully saturated rings. The van der Waals surface area contributed by atoms with Crippen LogP contribution in [0.25, 0.3) is 11.1 Å². The molecule has 0 aliphatic carbocycles. The van der Waals surface area contributed by atoms with Crippen molar-refractivity contribution in [2.45, 2.75) is 6.92 Å². The van der Waals surface area contributed by atoms with Crippen molar-refractivity contribution < 1.29 is 9.94 Å². The largest absolute Gasteiger partial charge is 0.285 e. The lowest BCUT2D eigenvalue weighted by Gasteiger charge is -1.98. The van der Waals surface area contributed by atoms with Gasteiger partial charge in [0.05, 0.1) is 5.56 Å². The van der Waals surface area contributed by atoms with Gasteiger partial charge >= 0.3 is 0 Å². The van der Waals surface area contributed by atoms with Gasteiger partial charge in [0.2, 0.25) is 12.4 Å². The van der Waals surface area contributed by atoms with Crippen molar-refractivity contribution in [3.63, 3.8) is 0 Å². The van der Waals surface area contributed by atoms with E-state index in [2.05, 4.69) is 19.1 Å². The molecule has 0 saturated carbocycles. The number of hydrogen-bond donors (Lipinski definition) is 1. The Labute approximate surface area is 83.0 Å². The fourth-order valence-electron chi connectivity index (χ4n) is 1.38. The molecule has 0 atom stereocenters. The molecule has 0 unspecified atom stereocenters. The van der Waals surface area contributed by atoms with E-state index in [1.807, 2.05) is 24.3 Å². The first kappa shape index (κ1) is 8.75. The van der Waals surface area contributed by atoms with Gasteiger partial charge in [-0.1, -0.05) is 29.8 Å². The van der Waals surface area contributed by atoms with E-state index < -0.39 is 0 Å². The maximum Gasteiger partial charge on any atom is 0.230 e. The molecule has 0 spiro atoms. The Balaban J connectivity index is 2.44. The summed E-state index contributed by atoms with van der Waals surface area (Å²) >= 11 is 0. The molecule has 1 aromatic heterocycles. The zero-order chi connectivity index (χ0) is 9.97. The van der Waals surface area contributed by atoms with Crippen LogP contribution >= 0.6 is 0 Å². The van der Waals surface area contributed by atoms with E-state index >= 15 is 0 Å². The predicted octanol–water partition coefficient (Wildman–Crippen LogP) is 2.19. The van der Waals surface area contributed by atoms with Crippen LogP contribution < -0.4 is 4.73 Å². The molecule has 1 aromatic carbocycles. The minimum absolute atomic E-state index is 1.01. The van der Waals surface area contributed by atoms with Crippen molar-refractivity contribution in [2.24, 2.45) is 0 Å². The Kier molecular flexibility index (Phi) is 2.19. The molecule has 0 aliphatic heterocycles. The summed E-state index contributed by atoms with van der Waals surface area (Å²) in [5.74, 6) is 0. The van der Waals surface area contributed by atoms with Gasteiger partial charge < -0.3 is 0 Å². The van der Waals surface area contributed by atoms with Gasteiger partial charge in [-0.3, -0.25) is 5.21 Å². The number of pyridine rings is 1. The fraction of sp³-hybridized carbons (Fsp3) is 0.0833. The van der Waals surface area contributed by atoms with Crippen molar-refractivity contribution in [3.8, 4) is 11.1 Å². The maximum absolute atomic E-state index is 9.25. The minimum Gasteiger partial charge on any atom is -0.285 e. The Morgan fingerprint density at radius 2 is 1.71 bits per heavy atom. The quantitative estimate of drug-likeness (QED) is 0.535. The number of aryl methyl sites for hydroxylation is 1. The van der Waals surface area contributed by atoms with E-state index in [1.54, 1.807) is 12.4 Å². The van der Waals surface area contributed by atoms with Crippen LogP contribution in [-0.2, 0) is 0 Å². The van der Waals surface area contributed by atoms with E-state index in [0.29, 0.717) is 0 Å². The van der Waals surface area contributed by atoms with E-state index in [9.17, 15) is 5.21 Å². The smallest absolute Gasteiger partial charge is 0.230 e. The van der Waals surface area contributed by atoms with Gasteiger partial charge in [-0.05, 0) is 18.6 Å². The van der Waals surface area contributed by atoms with Crippen LogP contribution in [0.2, 0.25) is 0 Å². The average Bonchev–Trinajstić information content (AvgIpc) is 2.19. The van der Waals surface area contributed by atoms with Gasteiger partial charge in [-0.15, -0.1) is 0 Å². The summed E-state index contributed by atoms with van der Waals surface area (Å²) in [5.41, 5.74) is 3.36. The molecule has 2 rings (SSSR count). The SMILES string of the molecule is Cc1ccc(-c2ccc[n+](O)c2)cc1. The molecule has 0 amide bonds. The Hall–Kier alpha value is -1.83. The number of hydrogen-bond acceptors (Lipinski definition) is 1. The van der Waals surface area contributed by atoms with Gasteiger partial charge in [0, 0.05) is 10.8 Å². The molecule has 2 aromatic rings. The highest BCUT2D eigenvalue weighted by Gasteiger charge is 2.02. The third-order valence-electron chi connectivity index (χ3n) is 2.17. The number of nitrogens with zero attached hydrogens (tertiary/aromatic N) is 1. The van der Waals surface area contributed by atoms with Crippen molar-refractivity contribution in [2.75, 3.05) is 0 Å². The summed E-state index contributed by atoms with van der Waals surface area (Å²) in [6.07, 6.45) is 3.28. The van der Waals surface area contributed by atoms with E-state index in [0.717, 1.165) is 15.9 Å². The molecule has 0 radical (unpaired) electrons. The van der Waals surface area contributed by atoms with Crippen LogP contribution in [0.4, 0.5) is 0 Å². The second-order valence-corrected chi connectivity index (χ2v) is 3.34. The summed E-state index contributed by atoms with van der Waals surface area (Å²) in [6.45, 7) is 2.06. The Morgan fingerprint density at radius 3 is 2.36 bits per heavy atom. The average molecular weight is 186 g/mol. The monoisotopic (exact) mass is 186 g/mol. The van der Waals surface area contributed by atoms with Crippen LogP contribution in [0, 0.1) is 6.92 Å². The van der Waals surface area contributed by atoms with Gasteiger partial charge in [-0.2, -0.15) is 0 Å². The topological polar surface area (TPSA) is 24.1 Å². The second-order valence-electron chi connectivity index (χ2n) is 3.34. The van der Waals surface area contributed by atoms with Crippen LogP contribution in [0.5, 0.6) is 0 Å². The molecular weight excluding hydrogens is 174 g/mol. The van der Waals surface area contributed by atoms with Crippen LogP contribution in [0.15, 0.2) is 48.8 Å². The number of aromatic nitrogens is 1. The molecule has 0 saturated heterocycles. The standard InChI is InChI=1S/C12H12NO/c1-10-4-6-11(7-5-10)12-3-2-8-13(14)9-12/h2-9,14H,1H3/q+1. The summed E-state index contributed by atoms with van der Waals surface area (Å²) in [7, 11) is 0. The highest BCUT2D eigenvalue weighted by molar-refractivity contribution is 5.61. The zero-order valence-corrected chi connectivity index (χ0v) is 8.01. The molecule has 70 valence electrons. The molecular formula is C12H12NO+. The van der Waals surface area contributed by atoms with Crippen molar-refractivity contribution in [1.29, 1.82) is 0 Å². The molecule has 0 bridgehead atoms. The number of benzene rings is 1. The lowest BCUT2D eigenvalue weighted by molar-refractivity contribution is -0.904. The van der Waals surface area contributed by atoms with Crippen LogP contribution in [0.1, 0.15) is 5.56 Å². The van der Waals surface area contributed by atoms with E-state index in [4.69, 9.17) is 0 Å². The predicted molar refractivity (Wildman–Crippen MR) is 54.0 cm³/mol. The summed E-state index contributed by atoms with van der Waals surface area (Å²) in [6, 6.07) is 12.0. The molecule has 0 aliphatic rings. The Bertz CT molecular complexity index is 434. The molecule has 1 N–H and O–H groups in total. The normalized spacial score (nSPS) is 10.1. The Morgan fingerprint density at radius 1 is 1.00 bits per heavy atom. The summed E-state index contributed by atoms with van der Waals surface area (Å²) in [4.78, 5) is 0. The molecule has 1 heterocycles. The summed E-state index contributed by atoms with van der Waals surface area (Å²) in [5, 5.41) is 9.25. The third kappa shape index (κ3) is 1.74. The second kappa shape index (κ2) is 3.50. The number of rotatable bonds is 1. The van der Waals surface area contributed by atoms with Crippen LogP contribution in [0.3, 0.4) is 0 Å².